The van der Waals surface area contributed by atoms with Crippen molar-refractivity contribution in [1.29, 1.82) is 0 Å². The van der Waals surface area contributed by atoms with Gasteiger partial charge in [-0.2, -0.15) is 5.21 Å². The molecule has 10 heteroatoms. The van der Waals surface area contributed by atoms with Crippen molar-refractivity contribution in [2.75, 3.05) is 18.5 Å². The molecular weight excluding hydrogens is 470 g/mol. The van der Waals surface area contributed by atoms with Crippen molar-refractivity contribution < 1.29 is 14.6 Å². The number of anilines is 1. The summed E-state index contributed by atoms with van der Waals surface area (Å²) in [5.74, 6) is 0.442. The third-order valence-corrected chi connectivity index (χ3v) is 7.38. The molecule has 0 unspecified atom stereocenters. The molecule has 2 heterocycles. The molecule has 1 aliphatic rings. The zero-order chi connectivity index (χ0) is 20.9. The molecule has 0 bridgehead atoms. The lowest BCUT2D eigenvalue weighted by atomic mass is 9.89. The number of benzene rings is 1. The summed E-state index contributed by atoms with van der Waals surface area (Å²) in [6.07, 6.45) is 6.59. The molecule has 8 nitrogen and oxygen atoms in total. The molecule has 0 aliphatic heterocycles. The summed E-state index contributed by atoms with van der Waals surface area (Å²) in [4.78, 5) is 12.5. The van der Waals surface area contributed by atoms with E-state index in [4.69, 9.17) is 9.84 Å². The normalized spacial score (nSPS) is 14.6. The van der Waals surface area contributed by atoms with E-state index in [1.807, 2.05) is 12.1 Å². The minimum atomic E-state index is -1.05. The van der Waals surface area contributed by atoms with Crippen LogP contribution in [0.25, 0.3) is 21.1 Å². The minimum absolute atomic E-state index is 0.360. The van der Waals surface area contributed by atoms with Gasteiger partial charge in [0.25, 0.3) is 0 Å². The van der Waals surface area contributed by atoms with Crippen molar-refractivity contribution in [3.63, 3.8) is 0 Å². The number of tetrazole rings is 1. The SMILES string of the molecule is O=C(O)COc1c(-c2nn[nH]n2)sc(-c2cccc(NCC3CCCCC3)c2)c1Br. The van der Waals surface area contributed by atoms with Crippen LogP contribution in [0.1, 0.15) is 32.1 Å². The zero-order valence-electron chi connectivity index (χ0n) is 16.2. The summed E-state index contributed by atoms with van der Waals surface area (Å²) in [7, 11) is 0. The monoisotopic (exact) mass is 491 g/mol. The first kappa shape index (κ1) is 20.8. The first-order valence-electron chi connectivity index (χ1n) is 9.87. The van der Waals surface area contributed by atoms with Crippen LogP contribution in [-0.2, 0) is 4.79 Å². The zero-order valence-corrected chi connectivity index (χ0v) is 18.6. The fourth-order valence-electron chi connectivity index (χ4n) is 3.67. The third kappa shape index (κ3) is 4.81. The molecule has 0 saturated heterocycles. The molecule has 1 aromatic carbocycles. The Morgan fingerprint density at radius 3 is 2.87 bits per heavy atom. The van der Waals surface area contributed by atoms with E-state index in [1.165, 1.54) is 43.4 Å². The lowest BCUT2D eigenvalue weighted by molar-refractivity contribution is -0.139. The van der Waals surface area contributed by atoms with Crippen LogP contribution in [0, 0.1) is 5.92 Å². The van der Waals surface area contributed by atoms with Gasteiger partial charge in [0.2, 0.25) is 5.82 Å². The molecule has 30 heavy (non-hydrogen) atoms. The summed E-state index contributed by atoms with van der Waals surface area (Å²) < 4.78 is 6.22. The van der Waals surface area contributed by atoms with Crippen molar-refractivity contribution in [1.82, 2.24) is 20.6 Å². The van der Waals surface area contributed by atoms with Gasteiger partial charge >= 0.3 is 5.97 Å². The summed E-state index contributed by atoms with van der Waals surface area (Å²) in [5, 5.41) is 26.7. The van der Waals surface area contributed by atoms with Crippen molar-refractivity contribution in [2.24, 2.45) is 5.92 Å². The maximum atomic E-state index is 11.0. The molecule has 158 valence electrons. The number of aromatic nitrogens is 4. The highest BCUT2D eigenvalue weighted by atomic mass is 79.9. The number of carboxylic acid groups (broad SMARTS) is 1. The molecule has 4 rings (SSSR count). The molecule has 0 amide bonds. The average molecular weight is 492 g/mol. The number of carbonyl (C=O) groups is 1. The Bertz CT molecular complexity index is 1000. The second-order valence-corrected chi connectivity index (χ2v) is 9.10. The molecule has 1 fully saturated rings. The van der Waals surface area contributed by atoms with E-state index in [2.05, 4.69) is 54.0 Å². The number of halogens is 1. The number of aromatic amines is 1. The number of ether oxygens (including phenoxy) is 1. The highest BCUT2D eigenvalue weighted by Gasteiger charge is 2.24. The first-order valence-corrected chi connectivity index (χ1v) is 11.5. The Morgan fingerprint density at radius 2 is 2.13 bits per heavy atom. The molecule has 2 aromatic heterocycles. The molecule has 0 spiro atoms. The Labute approximate surface area is 186 Å². The van der Waals surface area contributed by atoms with Crippen LogP contribution in [0.15, 0.2) is 28.7 Å². The van der Waals surface area contributed by atoms with E-state index < -0.39 is 12.6 Å². The molecule has 3 N–H and O–H groups in total. The van der Waals surface area contributed by atoms with Crippen molar-refractivity contribution in [2.45, 2.75) is 32.1 Å². The third-order valence-electron chi connectivity index (χ3n) is 5.14. The van der Waals surface area contributed by atoms with E-state index in [-0.39, 0.29) is 0 Å². The van der Waals surface area contributed by atoms with Crippen LogP contribution in [-0.4, -0.2) is 44.9 Å². The van der Waals surface area contributed by atoms with E-state index in [1.54, 1.807) is 0 Å². The Balaban J connectivity index is 1.60. The number of thiophene rings is 1. The van der Waals surface area contributed by atoms with Crippen molar-refractivity contribution in [3.05, 3.63) is 28.7 Å². The molecular formula is C20H22BrN5O3S. The predicted octanol–water partition coefficient (Wildman–Crippen LogP) is 4.81. The van der Waals surface area contributed by atoms with Crippen LogP contribution in [0.2, 0.25) is 0 Å². The van der Waals surface area contributed by atoms with E-state index in [0.29, 0.717) is 20.9 Å². The molecule has 0 radical (unpaired) electrons. The van der Waals surface area contributed by atoms with Gasteiger partial charge in [-0.25, -0.2) is 4.79 Å². The van der Waals surface area contributed by atoms with Gasteiger partial charge < -0.3 is 15.2 Å². The van der Waals surface area contributed by atoms with Gasteiger partial charge in [0.05, 0.1) is 9.35 Å². The average Bonchev–Trinajstić information content (AvgIpc) is 3.40. The topological polar surface area (TPSA) is 113 Å². The minimum Gasteiger partial charge on any atom is -0.479 e. The van der Waals surface area contributed by atoms with Crippen molar-refractivity contribution in [3.8, 4) is 26.9 Å². The fraction of sp³-hybridized carbons (Fsp3) is 0.400. The van der Waals surface area contributed by atoms with Crippen LogP contribution < -0.4 is 10.1 Å². The largest absolute Gasteiger partial charge is 0.479 e. The number of carboxylic acids is 1. The summed E-state index contributed by atoms with van der Waals surface area (Å²) in [5.41, 5.74) is 2.06. The van der Waals surface area contributed by atoms with Gasteiger partial charge in [-0.1, -0.05) is 31.4 Å². The fourth-order valence-corrected chi connectivity index (χ4v) is 5.65. The number of nitrogens with one attached hydrogen (secondary N) is 2. The van der Waals surface area contributed by atoms with Crippen LogP contribution in [0.4, 0.5) is 5.69 Å². The molecule has 3 aromatic rings. The lowest BCUT2D eigenvalue weighted by Gasteiger charge is -2.22. The molecule has 1 saturated carbocycles. The lowest BCUT2D eigenvalue weighted by Crippen LogP contribution is -2.17. The highest BCUT2D eigenvalue weighted by molar-refractivity contribution is 9.10. The van der Waals surface area contributed by atoms with E-state index >= 15 is 0 Å². The Kier molecular flexibility index (Phi) is 6.63. The van der Waals surface area contributed by atoms with Gasteiger partial charge in [0.1, 0.15) is 4.88 Å². The number of hydrogen-bond donors (Lipinski definition) is 3. The predicted molar refractivity (Wildman–Crippen MR) is 119 cm³/mol. The summed E-state index contributed by atoms with van der Waals surface area (Å²) >= 11 is 5.01. The van der Waals surface area contributed by atoms with Gasteiger partial charge in [-0.15, -0.1) is 21.5 Å². The maximum absolute atomic E-state index is 11.0. The summed E-state index contributed by atoms with van der Waals surface area (Å²) in [6.45, 7) is 0.527. The maximum Gasteiger partial charge on any atom is 0.341 e. The number of hydrogen-bond acceptors (Lipinski definition) is 7. The number of H-pyrrole nitrogens is 1. The Hall–Kier alpha value is -2.46. The smallest absolute Gasteiger partial charge is 0.341 e. The Morgan fingerprint density at radius 1 is 1.30 bits per heavy atom. The summed E-state index contributed by atoms with van der Waals surface area (Å²) in [6, 6.07) is 8.19. The number of rotatable bonds is 8. The quantitative estimate of drug-likeness (QED) is 0.414. The van der Waals surface area contributed by atoms with Gasteiger partial charge in [-0.3, -0.25) is 0 Å². The van der Waals surface area contributed by atoms with Gasteiger partial charge in [0, 0.05) is 12.2 Å². The van der Waals surface area contributed by atoms with E-state index in [9.17, 15) is 4.79 Å². The second-order valence-electron chi connectivity index (χ2n) is 7.29. The van der Waals surface area contributed by atoms with Crippen LogP contribution >= 0.6 is 27.3 Å². The second kappa shape index (κ2) is 9.57. The van der Waals surface area contributed by atoms with Crippen LogP contribution in [0.5, 0.6) is 5.75 Å². The van der Waals surface area contributed by atoms with Gasteiger partial charge in [0.15, 0.2) is 12.4 Å². The number of aliphatic carboxylic acids is 1. The van der Waals surface area contributed by atoms with Crippen LogP contribution in [0.3, 0.4) is 0 Å². The van der Waals surface area contributed by atoms with E-state index in [0.717, 1.165) is 28.6 Å². The van der Waals surface area contributed by atoms with Gasteiger partial charge in [-0.05, 0) is 57.6 Å². The highest BCUT2D eigenvalue weighted by Crippen LogP contribution is 2.49. The standard InChI is InChI=1S/C20H22BrN5O3S/c21-16-17(29-11-15(27)28)19(20-23-25-26-24-20)30-18(16)13-7-4-8-14(9-13)22-10-12-5-2-1-3-6-12/h4,7-9,12,22H,1-3,5-6,10-11H2,(H,27,28)(H,23,24,25,26). The van der Waals surface area contributed by atoms with Crippen molar-refractivity contribution >= 4 is 38.9 Å². The number of nitrogens with zero attached hydrogens (tertiary/aromatic N) is 3. The molecule has 0 atom stereocenters. The first-order chi connectivity index (χ1) is 14.6. The molecule has 1 aliphatic carbocycles.